The Balaban J connectivity index is 2.03. The smallest absolute Gasteiger partial charge is 0.287 e. The molecule has 0 saturated carbocycles. The van der Waals surface area contributed by atoms with Crippen LogP contribution in [0, 0.1) is 12.7 Å². The lowest BCUT2D eigenvalue weighted by Crippen LogP contribution is -2.38. The van der Waals surface area contributed by atoms with Crippen LogP contribution in [0.1, 0.15) is 11.1 Å². The third-order valence-electron chi connectivity index (χ3n) is 4.39. The summed E-state index contributed by atoms with van der Waals surface area (Å²) in [6.07, 6.45) is 0. The molecule has 0 aliphatic rings. The minimum Gasteiger partial charge on any atom is -0.287 e. The first-order chi connectivity index (χ1) is 13.0. The van der Waals surface area contributed by atoms with Gasteiger partial charge in [-0.1, -0.05) is 29.8 Å². The maximum Gasteiger partial charge on any atom is 0.336 e. The van der Waals surface area contributed by atoms with Gasteiger partial charge in [-0.25, -0.2) is 13.8 Å². The van der Waals surface area contributed by atoms with Crippen LogP contribution in [0.3, 0.4) is 0 Å². The molecule has 0 N–H and O–H groups in total. The third kappa shape index (κ3) is 3.01. The average molecular weight is 401 g/mol. The van der Waals surface area contributed by atoms with Crippen LogP contribution in [0.4, 0.5) is 4.39 Å². The Morgan fingerprint density at radius 3 is 2.63 bits per heavy atom. The zero-order chi connectivity index (χ0) is 19.1. The van der Waals surface area contributed by atoms with Crippen LogP contribution in [-0.2, 0) is 6.54 Å². The Hall–Kier alpha value is -2.70. The van der Waals surface area contributed by atoms with Gasteiger partial charge in [-0.15, -0.1) is 11.3 Å². The van der Waals surface area contributed by atoms with E-state index in [1.54, 1.807) is 35.7 Å². The molecule has 0 fully saturated rings. The Kier molecular flexibility index (Phi) is 4.45. The zero-order valence-electron chi connectivity index (χ0n) is 14.3. The van der Waals surface area contributed by atoms with Crippen LogP contribution in [0.5, 0.6) is 0 Å². The zero-order valence-corrected chi connectivity index (χ0v) is 15.9. The predicted molar refractivity (Wildman–Crippen MR) is 107 cm³/mol. The number of fused-ring (bicyclic) bond motifs is 1. The van der Waals surface area contributed by atoms with Crippen molar-refractivity contribution in [3.05, 3.63) is 96.7 Å². The van der Waals surface area contributed by atoms with Crippen molar-refractivity contribution in [3.63, 3.8) is 0 Å². The fourth-order valence-electron chi connectivity index (χ4n) is 3.08. The molecule has 0 spiro atoms. The van der Waals surface area contributed by atoms with Crippen LogP contribution < -0.4 is 11.2 Å². The molecule has 0 aliphatic heterocycles. The van der Waals surface area contributed by atoms with E-state index in [1.807, 2.05) is 13.0 Å². The summed E-state index contributed by atoms with van der Waals surface area (Å²) in [6.45, 7) is 1.82. The molecule has 4 aromatic rings. The molecule has 136 valence electrons. The highest BCUT2D eigenvalue weighted by atomic mass is 35.5. The average Bonchev–Trinajstić information content (AvgIpc) is 3.11. The van der Waals surface area contributed by atoms with Gasteiger partial charge in [0.25, 0.3) is 5.56 Å². The third-order valence-corrected chi connectivity index (χ3v) is 5.64. The number of hydrogen-bond acceptors (Lipinski definition) is 3. The Labute approximate surface area is 162 Å². The van der Waals surface area contributed by atoms with Crippen molar-refractivity contribution >= 4 is 33.2 Å². The van der Waals surface area contributed by atoms with Crippen molar-refractivity contribution in [2.75, 3.05) is 0 Å². The van der Waals surface area contributed by atoms with Gasteiger partial charge in [-0.3, -0.25) is 9.36 Å². The lowest BCUT2D eigenvalue weighted by molar-refractivity contribution is 0.594. The van der Waals surface area contributed by atoms with Crippen molar-refractivity contribution in [1.82, 2.24) is 9.13 Å². The van der Waals surface area contributed by atoms with Crippen molar-refractivity contribution in [1.29, 1.82) is 0 Å². The number of nitrogens with zero attached hydrogens (tertiary/aromatic N) is 2. The second-order valence-electron chi connectivity index (χ2n) is 6.18. The van der Waals surface area contributed by atoms with Gasteiger partial charge in [0.05, 0.1) is 17.7 Å². The first-order valence-electron chi connectivity index (χ1n) is 8.20. The molecule has 7 heteroatoms. The fourth-order valence-corrected chi connectivity index (χ4v) is 4.12. The quantitative estimate of drug-likeness (QED) is 0.512. The first kappa shape index (κ1) is 17.7. The molecule has 0 radical (unpaired) electrons. The number of thiophene rings is 1. The molecule has 0 saturated heterocycles. The lowest BCUT2D eigenvalue weighted by atomic mass is 10.2. The summed E-state index contributed by atoms with van der Waals surface area (Å²) < 4.78 is 17.2. The molecule has 2 aromatic carbocycles. The molecule has 4 nitrogen and oxygen atoms in total. The highest BCUT2D eigenvalue weighted by Gasteiger charge is 2.18. The minimum absolute atomic E-state index is 0.0658. The molecule has 0 atom stereocenters. The number of halogens is 2. The highest BCUT2D eigenvalue weighted by Crippen LogP contribution is 2.22. The number of rotatable bonds is 3. The summed E-state index contributed by atoms with van der Waals surface area (Å²) in [6, 6.07) is 13.2. The van der Waals surface area contributed by atoms with E-state index in [4.69, 9.17) is 11.6 Å². The van der Waals surface area contributed by atoms with Crippen LogP contribution in [0.2, 0.25) is 5.02 Å². The highest BCUT2D eigenvalue weighted by molar-refractivity contribution is 7.17. The number of benzene rings is 2. The monoisotopic (exact) mass is 400 g/mol. The van der Waals surface area contributed by atoms with E-state index in [9.17, 15) is 14.0 Å². The summed E-state index contributed by atoms with van der Waals surface area (Å²) in [5.41, 5.74) is 1.17. The summed E-state index contributed by atoms with van der Waals surface area (Å²) in [5, 5.41) is 1.98. The van der Waals surface area contributed by atoms with Gasteiger partial charge in [0.1, 0.15) is 10.5 Å². The second-order valence-corrected chi connectivity index (χ2v) is 7.51. The molecular weight excluding hydrogens is 387 g/mol. The summed E-state index contributed by atoms with van der Waals surface area (Å²) in [4.78, 5) is 26.1. The largest absolute Gasteiger partial charge is 0.336 e. The second kappa shape index (κ2) is 6.79. The molecule has 2 heterocycles. The summed E-state index contributed by atoms with van der Waals surface area (Å²) in [7, 11) is 0. The van der Waals surface area contributed by atoms with E-state index in [0.29, 0.717) is 15.9 Å². The number of aryl methyl sites for hydroxylation is 1. The van der Waals surface area contributed by atoms with E-state index in [-0.39, 0.29) is 22.7 Å². The molecular formula is C20H14ClFN2O2S. The maximum absolute atomic E-state index is 14.3. The normalized spacial score (nSPS) is 11.2. The summed E-state index contributed by atoms with van der Waals surface area (Å²) >= 11 is 7.39. The van der Waals surface area contributed by atoms with Crippen molar-refractivity contribution in [2.24, 2.45) is 0 Å². The Morgan fingerprint density at radius 2 is 1.89 bits per heavy atom. The van der Waals surface area contributed by atoms with Gasteiger partial charge in [-0.2, -0.15) is 0 Å². The van der Waals surface area contributed by atoms with Crippen LogP contribution >= 0.6 is 22.9 Å². The number of hydrogen-bond donors (Lipinski definition) is 0. The van der Waals surface area contributed by atoms with E-state index in [1.165, 1.54) is 28.0 Å². The van der Waals surface area contributed by atoms with E-state index in [2.05, 4.69) is 0 Å². The van der Waals surface area contributed by atoms with Crippen LogP contribution in [0.25, 0.3) is 15.9 Å². The number of aromatic nitrogens is 2. The van der Waals surface area contributed by atoms with Crippen molar-refractivity contribution in [2.45, 2.75) is 13.5 Å². The van der Waals surface area contributed by atoms with E-state index < -0.39 is 11.5 Å². The lowest BCUT2D eigenvalue weighted by Gasteiger charge is -2.14. The Morgan fingerprint density at radius 1 is 1.11 bits per heavy atom. The SMILES string of the molecule is Cc1cccc(-n2c(=O)c3sccc3n(Cc3c(F)cccc3Cl)c2=O)c1. The van der Waals surface area contributed by atoms with Crippen LogP contribution in [0.15, 0.2) is 63.5 Å². The molecule has 27 heavy (non-hydrogen) atoms. The van der Waals surface area contributed by atoms with Gasteiger partial charge in [-0.05, 0) is 48.2 Å². The van der Waals surface area contributed by atoms with Gasteiger partial charge < -0.3 is 0 Å². The summed E-state index contributed by atoms with van der Waals surface area (Å²) in [5.74, 6) is -0.494. The fraction of sp³-hybridized carbons (Fsp3) is 0.100. The molecule has 4 rings (SSSR count). The van der Waals surface area contributed by atoms with Gasteiger partial charge in [0.15, 0.2) is 0 Å². The van der Waals surface area contributed by atoms with Gasteiger partial charge in [0.2, 0.25) is 0 Å². The Bertz CT molecular complexity index is 1270. The maximum atomic E-state index is 14.3. The topological polar surface area (TPSA) is 44.0 Å². The van der Waals surface area contributed by atoms with Gasteiger partial charge in [0, 0.05) is 10.6 Å². The molecule has 0 bridgehead atoms. The molecule has 2 aromatic heterocycles. The molecule has 0 unspecified atom stereocenters. The van der Waals surface area contributed by atoms with Crippen molar-refractivity contribution < 1.29 is 4.39 Å². The standard InChI is InChI=1S/C20H14ClFN2O2S/c1-12-4-2-5-13(10-12)24-19(25)18-17(8-9-27-18)23(20(24)26)11-14-15(21)6-3-7-16(14)22/h2-10H,11H2,1H3. The minimum atomic E-state index is -0.532. The predicted octanol–water partition coefficient (Wildman–Crippen LogP) is 4.36. The molecule has 0 aliphatic carbocycles. The van der Waals surface area contributed by atoms with Crippen LogP contribution in [-0.4, -0.2) is 9.13 Å². The van der Waals surface area contributed by atoms with Gasteiger partial charge >= 0.3 is 5.69 Å². The van der Waals surface area contributed by atoms with E-state index in [0.717, 1.165) is 10.1 Å². The van der Waals surface area contributed by atoms with Crippen molar-refractivity contribution in [3.8, 4) is 5.69 Å². The van der Waals surface area contributed by atoms with E-state index >= 15 is 0 Å². The first-order valence-corrected chi connectivity index (χ1v) is 9.46. The molecule has 0 amide bonds.